The van der Waals surface area contributed by atoms with Crippen LogP contribution >= 0.6 is 0 Å². The Kier molecular flexibility index (Phi) is 3.27. The Morgan fingerprint density at radius 1 is 1.58 bits per heavy atom. The fraction of sp³-hybridized carbons (Fsp3) is 0.900. The predicted molar refractivity (Wildman–Crippen MR) is 50.1 cm³/mol. The van der Waals surface area contributed by atoms with Gasteiger partial charge in [0.05, 0.1) is 0 Å². The van der Waals surface area contributed by atoms with Crippen LogP contribution in [0.3, 0.4) is 0 Å². The molecule has 1 saturated heterocycles. The first kappa shape index (κ1) is 9.72. The first-order valence-electron chi connectivity index (χ1n) is 4.93. The molecule has 0 bridgehead atoms. The maximum atomic E-state index is 11.6. The standard InChI is InChI=1S/C10H19NO/c1-3-4-6-10(2)8-11-7-5-9(10)12/h11H,3-8H2,1-2H3. The molecule has 1 unspecified atom stereocenters. The summed E-state index contributed by atoms with van der Waals surface area (Å²) in [5.41, 5.74) is -0.0613. The van der Waals surface area contributed by atoms with Gasteiger partial charge in [-0.05, 0) is 6.42 Å². The lowest BCUT2D eigenvalue weighted by molar-refractivity contribution is -0.129. The van der Waals surface area contributed by atoms with E-state index >= 15 is 0 Å². The summed E-state index contributed by atoms with van der Waals surface area (Å²) in [6, 6.07) is 0. The molecule has 0 aromatic rings. The van der Waals surface area contributed by atoms with E-state index in [1.165, 1.54) is 12.8 Å². The highest BCUT2D eigenvalue weighted by atomic mass is 16.1. The summed E-state index contributed by atoms with van der Waals surface area (Å²) in [4.78, 5) is 11.6. The molecule has 1 rings (SSSR count). The van der Waals surface area contributed by atoms with Crippen LogP contribution in [0.15, 0.2) is 0 Å². The molecular weight excluding hydrogens is 150 g/mol. The average molecular weight is 169 g/mol. The molecule has 0 saturated carbocycles. The molecule has 1 aliphatic rings. The van der Waals surface area contributed by atoms with Gasteiger partial charge in [0.2, 0.25) is 0 Å². The number of rotatable bonds is 3. The fourth-order valence-electron chi connectivity index (χ4n) is 1.76. The van der Waals surface area contributed by atoms with Gasteiger partial charge in [-0.15, -0.1) is 0 Å². The molecule has 1 atom stereocenters. The van der Waals surface area contributed by atoms with Crippen LogP contribution in [0.4, 0.5) is 0 Å². The summed E-state index contributed by atoms with van der Waals surface area (Å²) in [5, 5.41) is 3.29. The van der Waals surface area contributed by atoms with Crippen LogP contribution in [0.1, 0.15) is 39.5 Å². The van der Waals surface area contributed by atoms with E-state index in [-0.39, 0.29) is 5.41 Å². The minimum Gasteiger partial charge on any atom is -0.315 e. The number of unbranched alkanes of at least 4 members (excludes halogenated alkanes) is 1. The van der Waals surface area contributed by atoms with E-state index < -0.39 is 0 Å². The fourth-order valence-corrected chi connectivity index (χ4v) is 1.76. The van der Waals surface area contributed by atoms with Crippen molar-refractivity contribution in [3.63, 3.8) is 0 Å². The van der Waals surface area contributed by atoms with E-state index in [0.29, 0.717) is 5.78 Å². The second-order valence-electron chi connectivity index (χ2n) is 4.01. The molecule has 1 fully saturated rings. The second kappa shape index (κ2) is 4.04. The highest BCUT2D eigenvalue weighted by Gasteiger charge is 2.33. The lowest BCUT2D eigenvalue weighted by atomic mass is 9.77. The molecule has 0 spiro atoms. The third-order valence-corrected chi connectivity index (χ3v) is 2.80. The minimum absolute atomic E-state index is 0.0613. The Bertz CT molecular complexity index is 167. The molecule has 0 radical (unpaired) electrons. The summed E-state index contributed by atoms with van der Waals surface area (Å²) in [5.74, 6) is 0.453. The van der Waals surface area contributed by atoms with Crippen LogP contribution in [-0.4, -0.2) is 18.9 Å². The molecule has 70 valence electrons. The molecule has 0 aromatic carbocycles. The third kappa shape index (κ3) is 2.07. The zero-order valence-electron chi connectivity index (χ0n) is 8.15. The number of carbonyl (C=O) groups excluding carboxylic acids is 1. The number of hydrogen-bond acceptors (Lipinski definition) is 2. The number of ketones is 1. The van der Waals surface area contributed by atoms with Crippen molar-refractivity contribution < 1.29 is 4.79 Å². The molecule has 1 N–H and O–H groups in total. The van der Waals surface area contributed by atoms with E-state index in [9.17, 15) is 4.79 Å². The number of hydrogen-bond donors (Lipinski definition) is 1. The van der Waals surface area contributed by atoms with E-state index in [4.69, 9.17) is 0 Å². The van der Waals surface area contributed by atoms with Crippen LogP contribution in [-0.2, 0) is 4.79 Å². The molecule has 0 aliphatic carbocycles. The lowest BCUT2D eigenvalue weighted by Crippen LogP contribution is -2.45. The van der Waals surface area contributed by atoms with Crippen molar-refractivity contribution in [2.75, 3.05) is 13.1 Å². The summed E-state index contributed by atoms with van der Waals surface area (Å²) in [6.45, 7) is 6.02. The van der Waals surface area contributed by atoms with Gasteiger partial charge < -0.3 is 5.32 Å². The van der Waals surface area contributed by atoms with Crippen molar-refractivity contribution in [3.8, 4) is 0 Å². The van der Waals surface area contributed by atoms with Gasteiger partial charge in [-0.2, -0.15) is 0 Å². The Labute approximate surface area is 74.7 Å². The Morgan fingerprint density at radius 2 is 2.33 bits per heavy atom. The molecule has 1 aliphatic heterocycles. The Balaban J connectivity index is 2.48. The van der Waals surface area contributed by atoms with Gasteiger partial charge in [-0.25, -0.2) is 0 Å². The van der Waals surface area contributed by atoms with E-state index in [1.54, 1.807) is 0 Å². The SMILES string of the molecule is CCCCC1(C)CNCCC1=O. The number of nitrogens with one attached hydrogen (secondary N) is 1. The van der Waals surface area contributed by atoms with Crippen LogP contribution in [0.25, 0.3) is 0 Å². The lowest BCUT2D eigenvalue weighted by Gasteiger charge is -2.32. The number of Topliss-reactive ketones (excluding diaryl/α,β-unsaturated/α-hetero) is 1. The molecule has 0 aromatic heterocycles. The largest absolute Gasteiger partial charge is 0.315 e. The molecule has 2 heteroatoms. The highest BCUT2D eigenvalue weighted by Crippen LogP contribution is 2.27. The molecule has 2 nitrogen and oxygen atoms in total. The molecule has 1 heterocycles. The normalized spacial score (nSPS) is 30.7. The quantitative estimate of drug-likeness (QED) is 0.697. The Morgan fingerprint density at radius 3 is 2.92 bits per heavy atom. The van der Waals surface area contributed by atoms with Gasteiger partial charge in [0.15, 0.2) is 0 Å². The van der Waals surface area contributed by atoms with Gasteiger partial charge >= 0.3 is 0 Å². The van der Waals surface area contributed by atoms with Crippen LogP contribution in [0.5, 0.6) is 0 Å². The maximum Gasteiger partial charge on any atom is 0.141 e. The molecule has 0 amide bonds. The van der Waals surface area contributed by atoms with E-state index in [0.717, 1.165) is 25.9 Å². The topological polar surface area (TPSA) is 29.1 Å². The van der Waals surface area contributed by atoms with Crippen molar-refractivity contribution in [3.05, 3.63) is 0 Å². The zero-order valence-corrected chi connectivity index (χ0v) is 8.15. The van der Waals surface area contributed by atoms with Crippen LogP contribution in [0.2, 0.25) is 0 Å². The first-order chi connectivity index (χ1) is 5.69. The highest BCUT2D eigenvalue weighted by molar-refractivity contribution is 5.85. The van der Waals surface area contributed by atoms with Gasteiger partial charge in [-0.3, -0.25) is 4.79 Å². The first-order valence-corrected chi connectivity index (χ1v) is 4.93. The monoisotopic (exact) mass is 169 g/mol. The second-order valence-corrected chi connectivity index (χ2v) is 4.01. The van der Waals surface area contributed by atoms with E-state index in [2.05, 4.69) is 19.2 Å². The van der Waals surface area contributed by atoms with Crippen molar-refractivity contribution in [1.29, 1.82) is 0 Å². The average Bonchev–Trinajstić information content (AvgIpc) is 2.07. The third-order valence-electron chi connectivity index (χ3n) is 2.80. The number of carbonyl (C=O) groups is 1. The van der Waals surface area contributed by atoms with Crippen LogP contribution < -0.4 is 5.32 Å². The van der Waals surface area contributed by atoms with E-state index in [1.807, 2.05) is 0 Å². The van der Waals surface area contributed by atoms with Gasteiger partial charge in [0.1, 0.15) is 5.78 Å². The van der Waals surface area contributed by atoms with Crippen molar-refractivity contribution in [1.82, 2.24) is 5.32 Å². The molecular formula is C10H19NO. The van der Waals surface area contributed by atoms with Crippen molar-refractivity contribution >= 4 is 5.78 Å². The summed E-state index contributed by atoms with van der Waals surface area (Å²) < 4.78 is 0. The predicted octanol–water partition coefficient (Wildman–Crippen LogP) is 1.75. The summed E-state index contributed by atoms with van der Waals surface area (Å²) in [6.07, 6.45) is 4.13. The van der Waals surface area contributed by atoms with Crippen LogP contribution in [0, 0.1) is 5.41 Å². The van der Waals surface area contributed by atoms with Gasteiger partial charge in [0.25, 0.3) is 0 Å². The number of piperidine rings is 1. The zero-order chi connectivity index (χ0) is 9.03. The smallest absolute Gasteiger partial charge is 0.141 e. The molecule has 12 heavy (non-hydrogen) atoms. The minimum atomic E-state index is -0.0613. The van der Waals surface area contributed by atoms with Crippen molar-refractivity contribution in [2.45, 2.75) is 39.5 Å². The van der Waals surface area contributed by atoms with Crippen molar-refractivity contribution in [2.24, 2.45) is 5.41 Å². The Hall–Kier alpha value is -0.370. The van der Waals surface area contributed by atoms with Gasteiger partial charge in [-0.1, -0.05) is 26.7 Å². The maximum absolute atomic E-state index is 11.6. The summed E-state index contributed by atoms with van der Waals surface area (Å²) >= 11 is 0. The van der Waals surface area contributed by atoms with Gasteiger partial charge in [0, 0.05) is 24.9 Å². The summed E-state index contributed by atoms with van der Waals surface area (Å²) in [7, 11) is 0.